The molecular weight excluding hydrogens is 210 g/mol. The zero-order valence-corrected chi connectivity index (χ0v) is 10.2. The highest BCUT2D eigenvalue weighted by molar-refractivity contribution is 5.42. The lowest BCUT2D eigenvalue weighted by atomic mass is 10.2. The lowest BCUT2D eigenvalue weighted by Crippen LogP contribution is -2.24. The fourth-order valence-electron chi connectivity index (χ4n) is 2.05. The van der Waals surface area contributed by atoms with E-state index in [1.807, 2.05) is 6.07 Å². The highest BCUT2D eigenvalue weighted by Gasteiger charge is 2.06. The third-order valence-electron chi connectivity index (χ3n) is 3.00. The molecule has 90 valence electrons. The van der Waals surface area contributed by atoms with E-state index in [4.69, 9.17) is 5.73 Å². The largest absolute Gasteiger partial charge is 0.399 e. The van der Waals surface area contributed by atoms with Crippen LogP contribution in [0.3, 0.4) is 0 Å². The predicted octanol–water partition coefficient (Wildman–Crippen LogP) is 1.89. The maximum absolute atomic E-state index is 5.68. The topological polar surface area (TPSA) is 42.1 Å². The monoisotopic (exact) mass is 229 g/mol. The summed E-state index contributed by atoms with van der Waals surface area (Å²) < 4.78 is 0. The minimum absolute atomic E-state index is 0.721. The molecule has 3 heteroatoms. The van der Waals surface area contributed by atoms with Crippen LogP contribution in [-0.4, -0.2) is 29.5 Å². The number of nitrogen functional groups attached to an aromatic ring is 1. The average molecular weight is 229 g/mol. The molecule has 0 spiro atoms. The number of anilines is 1. The standard InChI is InChI=1S/C14H19N3/c15-13-7-8-16-14(12-13)6-5-11-17-9-3-1-2-4-10-17/h7-8,12H,1-4,9-11H2,(H2,15,16). The normalized spacial score (nSPS) is 16.9. The first-order chi connectivity index (χ1) is 8.34. The Morgan fingerprint density at radius 1 is 1.24 bits per heavy atom. The first kappa shape index (κ1) is 11.9. The molecule has 0 aromatic carbocycles. The van der Waals surface area contributed by atoms with Gasteiger partial charge in [-0.15, -0.1) is 0 Å². The summed E-state index contributed by atoms with van der Waals surface area (Å²) in [6.45, 7) is 3.20. The quantitative estimate of drug-likeness (QED) is 0.748. The molecule has 3 nitrogen and oxygen atoms in total. The zero-order chi connectivity index (χ0) is 11.9. The molecule has 0 unspecified atom stereocenters. The van der Waals surface area contributed by atoms with Gasteiger partial charge < -0.3 is 5.73 Å². The Bertz CT molecular complexity index is 409. The van der Waals surface area contributed by atoms with Crippen molar-refractivity contribution >= 4 is 5.69 Å². The van der Waals surface area contributed by atoms with Crippen molar-refractivity contribution in [1.29, 1.82) is 0 Å². The fourth-order valence-corrected chi connectivity index (χ4v) is 2.05. The summed E-state index contributed by atoms with van der Waals surface area (Å²) in [6, 6.07) is 3.59. The van der Waals surface area contributed by atoms with Crippen molar-refractivity contribution in [2.75, 3.05) is 25.4 Å². The summed E-state index contributed by atoms with van der Waals surface area (Å²) in [5.74, 6) is 6.25. The van der Waals surface area contributed by atoms with Crippen molar-refractivity contribution in [3.63, 3.8) is 0 Å². The summed E-state index contributed by atoms with van der Waals surface area (Å²) in [4.78, 5) is 6.59. The van der Waals surface area contributed by atoms with Gasteiger partial charge in [0.2, 0.25) is 0 Å². The number of pyridine rings is 1. The molecule has 1 aromatic rings. The van der Waals surface area contributed by atoms with E-state index in [1.165, 1.54) is 38.8 Å². The first-order valence-electron chi connectivity index (χ1n) is 6.27. The molecule has 1 fully saturated rings. The zero-order valence-electron chi connectivity index (χ0n) is 10.2. The Kier molecular flexibility index (Phi) is 4.40. The number of hydrogen-bond donors (Lipinski definition) is 1. The molecular formula is C14H19N3. The minimum atomic E-state index is 0.721. The molecule has 17 heavy (non-hydrogen) atoms. The van der Waals surface area contributed by atoms with Crippen molar-refractivity contribution in [1.82, 2.24) is 9.88 Å². The second kappa shape index (κ2) is 6.27. The molecule has 0 saturated carbocycles. The second-order valence-corrected chi connectivity index (χ2v) is 4.47. The number of nitrogens with zero attached hydrogens (tertiary/aromatic N) is 2. The van der Waals surface area contributed by atoms with E-state index in [0.717, 1.165) is 17.9 Å². The third-order valence-corrected chi connectivity index (χ3v) is 3.00. The summed E-state index contributed by atoms with van der Waals surface area (Å²) in [7, 11) is 0. The van der Waals surface area contributed by atoms with Crippen LogP contribution >= 0.6 is 0 Å². The van der Waals surface area contributed by atoms with Gasteiger partial charge in [-0.3, -0.25) is 4.90 Å². The van der Waals surface area contributed by atoms with Gasteiger partial charge in [0.25, 0.3) is 0 Å². The number of aromatic nitrogens is 1. The van der Waals surface area contributed by atoms with Gasteiger partial charge >= 0.3 is 0 Å². The van der Waals surface area contributed by atoms with E-state index in [2.05, 4.69) is 21.7 Å². The second-order valence-electron chi connectivity index (χ2n) is 4.47. The first-order valence-corrected chi connectivity index (χ1v) is 6.27. The maximum atomic E-state index is 5.68. The van der Waals surface area contributed by atoms with Crippen molar-refractivity contribution in [2.24, 2.45) is 0 Å². The SMILES string of the molecule is Nc1ccnc(C#CCN2CCCCCC2)c1. The van der Waals surface area contributed by atoms with Crippen LogP contribution in [0.25, 0.3) is 0 Å². The van der Waals surface area contributed by atoms with Gasteiger partial charge in [-0.05, 0) is 44.0 Å². The van der Waals surface area contributed by atoms with Gasteiger partial charge in [-0.2, -0.15) is 0 Å². The van der Waals surface area contributed by atoms with Gasteiger partial charge in [0.1, 0.15) is 5.69 Å². The van der Waals surface area contributed by atoms with E-state index < -0.39 is 0 Å². The fraction of sp³-hybridized carbons (Fsp3) is 0.500. The minimum Gasteiger partial charge on any atom is -0.399 e. The van der Waals surface area contributed by atoms with Gasteiger partial charge in [0, 0.05) is 11.9 Å². The lowest BCUT2D eigenvalue weighted by Gasteiger charge is -2.15. The summed E-state index contributed by atoms with van der Waals surface area (Å²) in [5, 5.41) is 0. The molecule has 1 aliphatic heterocycles. The molecule has 0 atom stereocenters. The van der Waals surface area contributed by atoms with Crippen LogP contribution in [0.1, 0.15) is 31.4 Å². The Balaban J connectivity index is 1.88. The van der Waals surface area contributed by atoms with E-state index in [0.29, 0.717) is 0 Å². The number of likely N-dealkylation sites (tertiary alicyclic amines) is 1. The maximum Gasteiger partial charge on any atom is 0.115 e. The van der Waals surface area contributed by atoms with E-state index in [9.17, 15) is 0 Å². The van der Waals surface area contributed by atoms with Gasteiger partial charge in [0.15, 0.2) is 0 Å². The van der Waals surface area contributed by atoms with Crippen molar-refractivity contribution in [2.45, 2.75) is 25.7 Å². The molecule has 1 aromatic heterocycles. The van der Waals surface area contributed by atoms with Crippen LogP contribution in [0.4, 0.5) is 5.69 Å². The Labute approximate surface area is 103 Å². The van der Waals surface area contributed by atoms with Crippen LogP contribution in [0.2, 0.25) is 0 Å². The third kappa shape index (κ3) is 4.08. The summed E-state index contributed by atoms with van der Waals surface area (Å²) in [6.07, 6.45) is 7.03. The van der Waals surface area contributed by atoms with Crippen LogP contribution in [0.5, 0.6) is 0 Å². The van der Waals surface area contributed by atoms with Crippen LogP contribution in [-0.2, 0) is 0 Å². The van der Waals surface area contributed by atoms with Crippen molar-refractivity contribution in [3.8, 4) is 11.8 Å². The molecule has 0 aliphatic carbocycles. The smallest absolute Gasteiger partial charge is 0.115 e. The molecule has 0 radical (unpaired) electrons. The van der Waals surface area contributed by atoms with Gasteiger partial charge in [-0.1, -0.05) is 18.8 Å². The predicted molar refractivity (Wildman–Crippen MR) is 70.4 cm³/mol. The van der Waals surface area contributed by atoms with Crippen LogP contribution < -0.4 is 5.73 Å². The Hall–Kier alpha value is -1.53. The molecule has 1 aliphatic rings. The van der Waals surface area contributed by atoms with Gasteiger partial charge in [-0.25, -0.2) is 4.98 Å². The molecule has 2 rings (SSSR count). The Morgan fingerprint density at radius 2 is 2.00 bits per heavy atom. The summed E-state index contributed by atoms with van der Waals surface area (Å²) >= 11 is 0. The molecule has 0 bridgehead atoms. The Morgan fingerprint density at radius 3 is 2.71 bits per heavy atom. The van der Waals surface area contributed by atoms with Gasteiger partial charge in [0.05, 0.1) is 6.54 Å². The number of rotatable bonds is 1. The van der Waals surface area contributed by atoms with Crippen molar-refractivity contribution in [3.05, 3.63) is 24.0 Å². The highest BCUT2D eigenvalue weighted by atomic mass is 15.1. The number of nitrogens with two attached hydrogens (primary N) is 1. The van der Waals surface area contributed by atoms with Crippen molar-refractivity contribution < 1.29 is 0 Å². The molecule has 0 amide bonds. The number of hydrogen-bond acceptors (Lipinski definition) is 3. The molecule has 1 saturated heterocycles. The van der Waals surface area contributed by atoms with Crippen LogP contribution in [0, 0.1) is 11.8 Å². The van der Waals surface area contributed by atoms with E-state index >= 15 is 0 Å². The summed E-state index contributed by atoms with van der Waals surface area (Å²) in [5.41, 5.74) is 7.16. The van der Waals surface area contributed by atoms with E-state index in [-0.39, 0.29) is 0 Å². The van der Waals surface area contributed by atoms with E-state index in [1.54, 1.807) is 12.3 Å². The molecule has 2 heterocycles. The van der Waals surface area contributed by atoms with Crippen LogP contribution in [0.15, 0.2) is 18.3 Å². The average Bonchev–Trinajstić information content (AvgIpc) is 2.58. The molecule has 2 N–H and O–H groups in total. The highest BCUT2D eigenvalue weighted by Crippen LogP contribution is 2.08. The lowest BCUT2D eigenvalue weighted by molar-refractivity contribution is 0.320.